The Morgan fingerprint density at radius 2 is 2.24 bits per heavy atom. The molecule has 3 heterocycles. The second-order valence-electron chi connectivity index (χ2n) is 7.16. The summed E-state index contributed by atoms with van der Waals surface area (Å²) in [6.07, 6.45) is 7.03. The minimum atomic E-state index is -0.234. The molecule has 0 spiro atoms. The maximum atomic E-state index is 12.7. The van der Waals surface area contributed by atoms with Crippen LogP contribution in [0.3, 0.4) is 0 Å². The number of amides is 1. The molecule has 1 aromatic carbocycles. The van der Waals surface area contributed by atoms with Crippen LogP contribution in [0.4, 0.5) is 5.69 Å². The number of carbonyl (C=O) groups excluding carboxylic acids is 1. The number of ether oxygens (including phenoxy) is 2. The van der Waals surface area contributed by atoms with E-state index in [9.17, 15) is 4.79 Å². The second-order valence-corrected chi connectivity index (χ2v) is 7.16. The summed E-state index contributed by atoms with van der Waals surface area (Å²) in [7, 11) is 3.37. The van der Waals surface area contributed by atoms with E-state index in [-0.39, 0.29) is 12.0 Å². The van der Waals surface area contributed by atoms with Gasteiger partial charge in [-0.05, 0) is 37.5 Å². The van der Waals surface area contributed by atoms with Crippen molar-refractivity contribution in [3.8, 4) is 17.0 Å². The van der Waals surface area contributed by atoms with Gasteiger partial charge in [0.15, 0.2) is 0 Å². The quantitative estimate of drug-likeness (QED) is 0.693. The number of methoxy groups -OCH3 is 1. The number of nitrogens with zero attached hydrogens (tertiary/aromatic N) is 4. The Morgan fingerprint density at radius 1 is 1.34 bits per heavy atom. The normalized spacial score (nSPS) is 16.6. The largest absolute Gasteiger partial charge is 0.497 e. The fourth-order valence-corrected chi connectivity index (χ4v) is 3.49. The Morgan fingerprint density at radius 3 is 3.03 bits per heavy atom. The SMILES string of the molecule is COc1cccc(-c2cc(C(=O)Nc3cnn(C[C@@H]4CCCCO4)c3)n(C)n2)c1. The average Bonchev–Trinajstić information content (AvgIpc) is 3.35. The van der Waals surface area contributed by atoms with Crippen LogP contribution in [0.5, 0.6) is 5.75 Å². The van der Waals surface area contributed by atoms with Gasteiger partial charge in [0.2, 0.25) is 0 Å². The van der Waals surface area contributed by atoms with Crippen LogP contribution < -0.4 is 10.1 Å². The molecule has 1 N–H and O–H groups in total. The molecule has 0 radical (unpaired) electrons. The molecule has 152 valence electrons. The Hall–Kier alpha value is -3.13. The number of carbonyl (C=O) groups is 1. The zero-order chi connectivity index (χ0) is 20.2. The van der Waals surface area contributed by atoms with Crippen LogP contribution in [-0.4, -0.2) is 45.3 Å². The highest BCUT2D eigenvalue weighted by Gasteiger charge is 2.17. The molecule has 3 aromatic rings. The lowest BCUT2D eigenvalue weighted by atomic mass is 10.1. The summed E-state index contributed by atoms with van der Waals surface area (Å²) >= 11 is 0. The summed E-state index contributed by atoms with van der Waals surface area (Å²) in [6, 6.07) is 9.36. The van der Waals surface area contributed by atoms with Crippen LogP contribution in [0.15, 0.2) is 42.7 Å². The first kappa shape index (κ1) is 19.2. The molecule has 1 saturated heterocycles. The molecule has 8 nitrogen and oxygen atoms in total. The molecule has 29 heavy (non-hydrogen) atoms. The minimum absolute atomic E-state index is 0.190. The minimum Gasteiger partial charge on any atom is -0.497 e. The van der Waals surface area contributed by atoms with Gasteiger partial charge in [-0.15, -0.1) is 0 Å². The van der Waals surface area contributed by atoms with Gasteiger partial charge in [0.1, 0.15) is 11.4 Å². The highest BCUT2D eigenvalue weighted by Crippen LogP contribution is 2.24. The number of aryl methyl sites for hydroxylation is 1. The van der Waals surface area contributed by atoms with Crippen LogP contribution in [0, 0.1) is 0 Å². The number of hydrogen-bond donors (Lipinski definition) is 1. The molecule has 1 fully saturated rings. The topological polar surface area (TPSA) is 83.2 Å². The van der Waals surface area contributed by atoms with E-state index < -0.39 is 0 Å². The fourth-order valence-electron chi connectivity index (χ4n) is 3.49. The Labute approximate surface area is 169 Å². The third-order valence-electron chi connectivity index (χ3n) is 5.03. The summed E-state index contributed by atoms with van der Waals surface area (Å²) < 4.78 is 14.4. The molecule has 1 aliphatic heterocycles. The van der Waals surface area contributed by atoms with E-state index in [4.69, 9.17) is 9.47 Å². The van der Waals surface area contributed by atoms with Gasteiger partial charge in [0.25, 0.3) is 5.91 Å². The molecular weight excluding hydrogens is 370 g/mol. The Bertz CT molecular complexity index is 988. The second kappa shape index (κ2) is 8.48. The number of benzene rings is 1. The van der Waals surface area contributed by atoms with Crippen LogP contribution in [-0.2, 0) is 18.3 Å². The van der Waals surface area contributed by atoms with E-state index in [1.165, 1.54) is 6.42 Å². The molecule has 1 amide bonds. The van der Waals surface area contributed by atoms with E-state index >= 15 is 0 Å². The fraction of sp³-hybridized carbons (Fsp3) is 0.381. The number of anilines is 1. The van der Waals surface area contributed by atoms with Crippen molar-refractivity contribution >= 4 is 11.6 Å². The number of nitrogens with one attached hydrogen (secondary N) is 1. The van der Waals surface area contributed by atoms with Crippen LogP contribution in [0.1, 0.15) is 29.8 Å². The van der Waals surface area contributed by atoms with Gasteiger partial charge >= 0.3 is 0 Å². The number of rotatable bonds is 6. The van der Waals surface area contributed by atoms with Crippen LogP contribution in [0.2, 0.25) is 0 Å². The van der Waals surface area contributed by atoms with E-state index in [2.05, 4.69) is 15.5 Å². The standard InChI is InChI=1S/C21H25N5O3/c1-25-20(11-19(24-25)15-6-5-8-17(10-15)28-2)21(27)23-16-12-22-26(13-16)14-18-7-3-4-9-29-18/h5-6,8,10-13,18H,3-4,7,9,14H2,1-2H3,(H,23,27)/t18-/m0/s1. The third-order valence-corrected chi connectivity index (χ3v) is 5.03. The molecule has 1 aliphatic rings. The van der Waals surface area contributed by atoms with Crippen molar-refractivity contribution in [1.82, 2.24) is 19.6 Å². The summed E-state index contributed by atoms with van der Waals surface area (Å²) in [5, 5.41) is 11.7. The number of aromatic nitrogens is 4. The highest BCUT2D eigenvalue weighted by atomic mass is 16.5. The number of hydrogen-bond acceptors (Lipinski definition) is 5. The molecule has 2 aromatic heterocycles. The zero-order valence-corrected chi connectivity index (χ0v) is 16.7. The Balaban J connectivity index is 1.44. The van der Waals surface area contributed by atoms with Gasteiger partial charge in [-0.3, -0.25) is 14.2 Å². The predicted molar refractivity (Wildman–Crippen MR) is 109 cm³/mol. The summed E-state index contributed by atoms with van der Waals surface area (Å²) in [6.45, 7) is 1.51. The van der Waals surface area contributed by atoms with Gasteiger partial charge in [0, 0.05) is 25.4 Å². The monoisotopic (exact) mass is 395 g/mol. The third kappa shape index (κ3) is 4.48. The molecule has 0 bridgehead atoms. The highest BCUT2D eigenvalue weighted by molar-refractivity contribution is 6.03. The molecule has 0 unspecified atom stereocenters. The molecular formula is C21H25N5O3. The van der Waals surface area contributed by atoms with Crippen LogP contribution >= 0.6 is 0 Å². The first-order chi connectivity index (χ1) is 14.1. The van der Waals surface area contributed by atoms with Crippen molar-refractivity contribution in [2.45, 2.75) is 31.9 Å². The van der Waals surface area contributed by atoms with Crippen molar-refractivity contribution in [3.05, 3.63) is 48.4 Å². The van der Waals surface area contributed by atoms with Crippen molar-refractivity contribution in [2.24, 2.45) is 7.05 Å². The van der Waals surface area contributed by atoms with Crippen LogP contribution in [0.25, 0.3) is 11.3 Å². The van der Waals surface area contributed by atoms with Gasteiger partial charge < -0.3 is 14.8 Å². The molecule has 8 heteroatoms. The molecule has 0 saturated carbocycles. The molecule has 1 atom stereocenters. The van der Waals surface area contributed by atoms with Gasteiger partial charge in [-0.2, -0.15) is 10.2 Å². The van der Waals surface area contributed by atoms with E-state index in [1.807, 2.05) is 35.1 Å². The van der Waals surface area contributed by atoms with Gasteiger partial charge in [-0.1, -0.05) is 12.1 Å². The molecule has 0 aliphatic carbocycles. The average molecular weight is 395 g/mol. The van der Waals surface area contributed by atoms with Gasteiger partial charge in [0.05, 0.1) is 37.3 Å². The van der Waals surface area contributed by atoms with Crippen molar-refractivity contribution in [2.75, 3.05) is 19.0 Å². The first-order valence-electron chi connectivity index (χ1n) is 9.76. The van der Waals surface area contributed by atoms with E-state index in [0.29, 0.717) is 23.6 Å². The summed E-state index contributed by atoms with van der Waals surface area (Å²) in [5.41, 5.74) is 2.71. The predicted octanol–water partition coefficient (Wildman–Crippen LogP) is 3.11. The zero-order valence-electron chi connectivity index (χ0n) is 16.7. The van der Waals surface area contributed by atoms with Crippen molar-refractivity contribution in [1.29, 1.82) is 0 Å². The Kier molecular flexibility index (Phi) is 5.62. The summed E-state index contributed by atoms with van der Waals surface area (Å²) in [5.74, 6) is 0.510. The maximum Gasteiger partial charge on any atom is 0.274 e. The lowest BCUT2D eigenvalue weighted by molar-refractivity contribution is 0.00400. The van der Waals surface area contributed by atoms with E-state index in [0.717, 1.165) is 30.8 Å². The van der Waals surface area contributed by atoms with E-state index in [1.54, 1.807) is 31.1 Å². The first-order valence-corrected chi connectivity index (χ1v) is 9.76. The maximum absolute atomic E-state index is 12.7. The van der Waals surface area contributed by atoms with Crippen molar-refractivity contribution in [3.63, 3.8) is 0 Å². The summed E-state index contributed by atoms with van der Waals surface area (Å²) in [4.78, 5) is 12.7. The molecule has 4 rings (SSSR count). The smallest absolute Gasteiger partial charge is 0.274 e. The van der Waals surface area contributed by atoms with Gasteiger partial charge in [-0.25, -0.2) is 0 Å². The lowest BCUT2D eigenvalue weighted by Gasteiger charge is -2.22. The van der Waals surface area contributed by atoms with Crippen molar-refractivity contribution < 1.29 is 14.3 Å². The lowest BCUT2D eigenvalue weighted by Crippen LogP contribution is -2.24.